The van der Waals surface area contributed by atoms with E-state index in [1.807, 2.05) is 0 Å². The molecule has 0 fully saturated rings. The third-order valence-corrected chi connectivity index (χ3v) is 1.61. The molecule has 0 amide bonds. The number of nitrogens with two attached hydrogens (primary N) is 1. The van der Waals surface area contributed by atoms with Crippen molar-refractivity contribution >= 4 is 0 Å². The summed E-state index contributed by atoms with van der Waals surface area (Å²) in [5, 5.41) is 0. The number of hydroxylamine groups is 1. The smallest absolute Gasteiger partial charge is 0.383 e. The maximum atomic E-state index is 11.7. The van der Waals surface area contributed by atoms with Crippen molar-refractivity contribution in [3.05, 3.63) is 0 Å². The number of alkyl halides is 3. The molecule has 0 heterocycles. The molecule has 0 saturated heterocycles. The maximum absolute atomic E-state index is 11.7. The Bertz CT molecular complexity index is 155. The van der Waals surface area contributed by atoms with Gasteiger partial charge in [-0.25, -0.2) is 0 Å². The molecular formula is C8H17F3N2O2. The highest BCUT2D eigenvalue weighted by Crippen LogP contribution is 2.13. The number of hydrogen-bond acceptors (Lipinski definition) is 4. The van der Waals surface area contributed by atoms with Crippen LogP contribution < -0.4 is 11.2 Å². The number of rotatable bonds is 8. The summed E-state index contributed by atoms with van der Waals surface area (Å²) >= 11 is 0. The maximum Gasteiger partial charge on any atom is 0.413 e. The van der Waals surface area contributed by atoms with Crippen LogP contribution in [0.3, 0.4) is 0 Å². The largest absolute Gasteiger partial charge is 0.413 e. The quantitative estimate of drug-likeness (QED) is 0.606. The standard InChI is InChI=1S/C8H17F3N2O2/c1-14-5-7(3-2-4-12)13-15-6-8(9,10)11/h7,13H,2-6,12H2,1H3. The van der Waals surface area contributed by atoms with E-state index in [1.165, 1.54) is 7.11 Å². The van der Waals surface area contributed by atoms with Gasteiger partial charge in [0.1, 0.15) is 0 Å². The van der Waals surface area contributed by atoms with Gasteiger partial charge in [-0.15, -0.1) is 0 Å². The van der Waals surface area contributed by atoms with E-state index < -0.39 is 12.8 Å². The summed E-state index contributed by atoms with van der Waals surface area (Å²) in [6.07, 6.45) is -3.00. The molecular weight excluding hydrogens is 213 g/mol. The van der Waals surface area contributed by atoms with Gasteiger partial charge in [-0.2, -0.15) is 18.7 Å². The zero-order valence-electron chi connectivity index (χ0n) is 8.64. The fourth-order valence-corrected chi connectivity index (χ4v) is 0.983. The second-order valence-electron chi connectivity index (χ2n) is 3.10. The van der Waals surface area contributed by atoms with Crippen molar-refractivity contribution in [2.75, 3.05) is 26.9 Å². The van der Waals surface area contributed by atoms with Gasteiger partial charge in [0, 0.05) is 7.11 Å². The first-order valence-electron chi connectivity index (χ1n) is 4.62. The first kappa shape index (κ1) is 14.6. The van der Waals surface area contributed by atoms with Crippen LogP contribution in [0.2, 0.25) is 0 Å². The molecule has 0 aliphatic carbocycles. The van der Waals surface area contributed by atoms with Crippen molar-refractivity contribution in [2.45, 2.75) is 25.1 Å². The van der Waals surface area contributed by atoms with Crippen LogP contribution in [0, 0.1) is 0 Å². The summed E-state index contributed by atoms with van der Waals surface area (Å²) < 4.78 is 40.0. The predicted molar refractivity (Wildman–Crippen MR) is 49.1 cm³/mol. The van der Waals surface area contributed by atoms with E-state index >= 15 is 0 Å². The van der Waals surface area contributed by atoms with Crippen molar-refractivity contribution < 1.29 is 22.7 Å². The Balaban J connectivity index is 3.65. The molecule has 15 heavy (non-hydrogen) atoms. The number of methoxy groups -OCH3 is 1. The lowest BCUT2D eigenvalue weighted by Gasteiger charge is -2.17. The van der Waals surface area contributed by atoms with Crippen molar-refractivity contribution in [2.24, 2.45) is 5.73 Å². The molecule has 4 nitrogen and oxygen atoms in total. The third-order valence-electron chi connectivity index (χ3n) is 1.61. The summed E-state index contributed by atoms with van der Waals surface area (Å²) in [5.41, 5.74) is 7.59. The summed E-state index contributed by atoms with van der Waals surface area (Å²) in [6, 6.07) is -0.263. The van der Waals surface area contributed by atoms with Crippen LogP contribution in [0.5, 0.6) is 0 Å². The summed E-state index contributed by atoms with van der Waals surface area (Å²) in [4.78, 5) is 4.31. The molecule has 92 valence electrons. The molecule has 0 bridgehead atoms. The molecule has 0 saturated carbocycles. The molecule has 0 aliphatic heterocycles. The Labute approximate surface area is 86.9 Å². The molecule has 0 aromatic rings. The van der Waals surface area contributed by atoms with Gasteiger partial charge < -0.3 is 10.5 Å². The topological polar surface area (TPSA) is 56.5 Å². The van der Waals surface area contributed by atoms with Gasteiger partial charge >= 0.3 is 6.18 Å². The highest BCUT2D eigenvalue weighted by atomic mass is 19.4. The van der Waals surface area contributed by atoms with E-state index in [0.717, 1.165) is 0 Å². The van der Waals surface area contributed by atoms with Gasteiger partial charge in [-0.05, 0) is 19.4 Å². The van der Waals surface area contributed by atoms with Crippen LogP contribution in [0.15, 0.2) is 0 Å². The van der Waals surface area contributed by atoms with Crippen LogP contribution in [0.1, 0.15) is 12.8 Å². The highest BCUT2D eigenvalue weighted by Gasteiger charge is 2.28. The molecule has 0 radical (unpaired) electrons. The average molecular weight is 230 g/mol. The number of ether oxygens (including phenoxy) is 1. The highest BCUT2D eigenvalue weighted by molar-refractivity contribution is 4.61. The van der Waals surface area contributed by atoms with Crippen molar-refractivity contribution in [1.82, 2.24) is 5.48 Å². The van der Waals surface area contributed by atoms with Crippen molar-refractivity contribution in [1.29, 1.82) is 0 Å². The lowest BCUT2D eigenvalue weighted by atomic mass is 10.2. The SMILES string of the molecule is COCC(CCCN)NOCC(F)(F)F. The summed E-state index contributed by atoms with van der Waals surface area (Å²) in [7, 11) is 1.47. The Morgan fingerprint density at radius 2 is 2.07 bits per heavy atom. The van der Waals surface area contributed by atoms with E-state index in [9.17, 15) is 13.2 Å². The Morgan fingerprint density at radius 1 is 1.40 bits per heavy atom. The van der Waals surface area contributed by atoms with E-state index in [4.69, 9.17) is 10.5 Å². The second-order valence-corrected chi connectivity index (χ2v) is 3.10. The lowest BCUT2D eigenvalue weighted by Crippen LogP contribution is -2.36. The minimum Gasteiger partial charge on any atom is -0.383 e. The summed E-state index contributed by atoms with van der Waals surface area (Å²) in [6.45, 7) is -0.533. The van der Waals surface area contributed by atoms with Gasteiger partial charge in [0.2, 0.25) is 0 Å². The fourth-order valence-electron chi connectivity index (χ4n) is 0.983. The number of halogens is 3. The van der Waals surface area contributed by atoms with Crippen LogP contribution in [-0.2, 0) is 9.57 Å². The van der Waals surface area contributed by atoms with Gasteiger partial charge in [-0.1, -0.05) is 0 Å². The normalized spacial score (nSPS) is 14.2. The molecule has 0 aliphatic rings. The number of hydrogen-bond donors (Lipinski definition) is 2. The molecule has 7 heteroatoms. The molecule has 0 aromatic heterocycles. The Hall–Kier alpha value is -0.370. The molecule has 0 spiro atoms. The van der Waals surface area contributed by atoms with Gasteiger partial charge in [0.25, 0.3) is 0 Å². The van der Waals surface area contributed by atoms with E-state index in [0.29, 0.717) is 19.4 Å². The van der Waals surface area contributed by atoms with E-state index in [2.05, 4.69) is 10.3 Å². The Morgan fingerprint density at radius 3 is 2.53 bits per heavy atom. The third kappa shape index (κ3) is 9.92. The first-order chi connectivity index (χ1) is 6.99. The second kappa shape index (κ2) is 7.86. The molecule has 1 atom stereocenters. The van der Waals surface area contributed by atoms with Crippen LogP contribution >= 0.6 is 0 Å². The van der Waals surface area contributed by atoms with Gasteiger partial charge in [-0.3, -0.25) is 4.84 Å². The zero-order valence-corrected chi connectivity index (χ0v) is 8.64. The number of nitrogens with one attached hydrogen (secondary N) is 1. The monoisotopic (exact) mass is 230 g/mol. The summed E-state index contributed by atoms with van der Waals surface area (Å²) in [5.74, 6) is 0. The minimum atomic E-state index is -4.32. The minimum absolute atomic E-state index is 0.263. The molecule has 0 rings (SSSR count). The van der Waals surface area contributed by atoms with E-state index in [-0.39, 0.29) is 12.6 Å². The fraction of sp³-hybridized carbons (Fsp3) is 1.00. The van der Waals surface area contributed by atoms with Gasteiger partial charge in [0.05, 0.1) is 12.6 Å². The average Bonchev–Trinajstić information content (AvgIpc) is 2.12. The van der Waals surface area contributed by atoms with Crippen LogP contribution in [0.25, 0.3) is 0 Å². The van der Waals surface area contributed by atoms with Crippen molar-refractivity contribution in [3.63, 3.8) is 0 Å². The lowest BCUT2D eigenvalue weighted by molar-refractivity contribution is -0.194. The zero-order chi connectivity index (χ0) is 11.7. The molecule has 0 aromatic carbocycles. The first-order valence-corrected chi connectivity index (χ1v) is 4.62. The predicted octanol–water partition coefficient (Wildman–Crippen LogP) is 0.824. The van der Waals surface area contributed by atoms with E-state index in [1.54, 1.807) is 0 Å². The van der Waals surface area contributed by atoms with Gasteiger partial charge in [0.15, 0.2) is 6.61 Å². The van der Waals surface area contributed by atoms with Crippen LogP contribution in [-0.4, -0.2) is 39.1 Å². The van der Waals surface area contributed by atoms with Crippen LogP contribution in [0.4, 0.5) is 13.2 Å². The Kier molecular flexibility index (Phi) is 7.67. The molecule has 3 N–H and O–H groups in total. The van der Waals surface area contributed by atoms with Crippen molar-refractivity contribution in [3.8, 4) is 0 Å². The molecule has 1 unspecified atom stereocenters.